The zero-order valence-electron chi connectivity index (χ0n) is 11.0. The molecule has 0 aliphatic carbocycles. The molecule has 0 atom stereocenters. The fraction of sp³-hybridized carbons (Fsp3) is 0.308. The molecule has 6 nitrogen and oxygen atoms in total. The van der Waals surface area contributed by atoms with Gasteiger partial charge in [-0.2, -0.15) is 0 Å². The van der Waals surface area contributed by atoms with Crippen LogP contribution in [0.2, 0.25) is 0 Å². The molecule has 0 heterocycles. The Hall–Kier alpha value is -2.02. The second-order valence-corrected chi connectivity index (χ2v) is 5.07. The number of thioether (sulfide) groups is 1. The normalized spacial score (nSPS) is 9.85. The number of anilines is 1. The molecule has 0 aromatic heterocycles. The number of nitrogens with one attached hydrogen (secondary N) is 2. The summed E-state index contributed by atoms with van der Waals surface area (Å²) in [5.74, 6) is -0.776. The van der Waals surface area contributed by atoms with E-state index in [4.69, 9.17) is 5.11 Å². The molecule has 0 unspecified atom stereocenters. The van der Waals surface area contributed by atoms with E-state index < -0.39 is 5.97 Å². The molecule has 1 aromatic carbocycles. The smallest absolute Gasteiger partial charge is 0.313 e. The molecule has 1 aromatic rings. The third kappa shape index (κ3) is 6.24. The molecule has 0 saturated carbocycles. The maximum atomic E-state index is 11.8. The van der Waals surface area contributed by atoms with Crippen LogP contribution in [0.3, 0.4) is 0 Å². The largest absolute Gasteiger partial charge is 0.481 e. The van der Waals surface area contributed by atoms with Crippen molar-refractivity contribution in [1.29, 1.82) is 0 Å². The van der Waals surface area contributed by atoms with Crippen LogP contribution in [0.5, 0.6) is 0 Å². The predicted octanol–water partition coefficient (Wildman–Crippen LogP) is 1.19. The first-order valence-electron chi connectivity index (χ1n) is 5.94. The zero-order chi connectivity index (χ0) is 15.0. The number of amides is 2. The molecule has 0 fully saturated rings. The molecule has 0 saturated heterocycles. The number of rotatable bonds is 7. The minimum absolute atomic E-state index is 0.0217. The number of benzene rings is 1. The van der Waals surface area contributed by atoms with Gasteiger partial charge in [-0.15, -0.1) is 11.8 Å². The third-order valence-electron chi connectivity index (χ3n) is 2.20. The summed E-state index contributed by atoms with van der Waals surface area (Å²) < 4.78 is 0. The molecule has 1 rings (SSSR count). The number of aliphatic carboxylic acids is 1. The number of carboxylic acid groups (broad SMARTS) is 1. The van der Waals surface area contributed by atoms with Crippen molar-refractivity contribution in [3.05, 3.63) is 29.8 Å². The van der Waals surface area contributed by atoms with Gasteiger partial charge in [0.05, 0.1) is 5.75 Å². The van der Waals surface area contributed by atoms with Crippen molar-refractivity contribution in [1.82, 2.24) is 5.32 Å². The minimum Gasteiger partial charge on any atom is -0.481 e. The molecule has 20 heavy (non-hydrogen) atoms. The molecular weight excluding hydrogens is 280 g/mol. The van der Waals surface area contributed by atoms with Crippen LogP contribution in [-0.4, -0.2) is 40.9 Å². The van der Waals surface area contributed by atoms with Gasteiger partial charge in [0.15, 0.2) is 0 Å². The lowest BCUT2D eigenvalue weighted by molar-refractivity contribution is -0.133. The van der Waals surface area contributed by atoms with E-state index in [-0.39, 0.29) is 17.6 Å². The lowest BCUT2D eigenvalue weighted by atomic mass is 10.2. The summed E-state index contributed by atoms with van der Waals surface area (Å²) >= 11 is 1.24. The highest BCUT2D eigenvalue weighted by Crippen LogP contribution is 2.10. The van der Waals surface area contributed by atoms with Gasteiger partial charge < -0.3 is 15.7 Å². The summed E-state index contributed by atoms with van der Waals surface area (Å²) in [5, 5.41) is 13.7. The van der Waals surface area contributed by atoms with E-state index >= 15 is 0 Å². The molecule has 3 N–H and O–H groups in total. The highest BCUT2D eigenvalue weighted by atomic mass is 32.2. The Kier molecular flexibility index (Phi) is 6.58. The summed E-state index contributed by atoms with van der Waals surface area (Å²) in [6.45, 7) is 1.79. The van der Waals surface area contributed by atoms with Gasteiger partial charge in [-0.25, -0.2) is 0 Å². The van der Waals surface area contributed by atoms with E-state index in [0.29, 0.717) is 23.5 Å². The second-order valence-electron chi connectivity index (χ2n) is 3.96. The maximum Gasteiger partial charge on any atom is 0.313 e. The van der Waals surface area contributed by atoms with Crippen LogP contribution in [-0.2, 0) is 9.59 Å². The average molecular weight is 296 g/mol. The molecule has 0 radical (unpaired) electrons. The van der Waals surface area contributed by atoms with Gasteiger partial charge in [0.2, 0.25) is 5.91 Å². The van der Waals surface area contributed by atoms with Crippen molar-refractivity contribution in [3.63, 3.8) is 0 Å². The van der Waals surface area contributed by atoms with Crippen LogP contribution in [0.1, 0.15) is 17.3 Å². The summed E-state index contributed by atoms with van der Waals surface area (Å²) in [6, 6.07) is 6.60. The summed E-state index contributed by atoms with van der Waals surface area (Å²) in [5.41, 5.74) is 1.00. The molecule has 2 amide bonds. The van der Waals surface area contributed by atoms with E-state index in [1.807, 2.05) is 0 Å². The molecule has 7 heteroatoms. The third-order valence-corrected chi connectivity index (χ3v) is 3.15. The van der Waals surface area contributed by atoms with E-state index in [2.05, 4.69) is 10.6 Å². The SMILES string of the molecule is CC(=O)Nc1cccc(C(=O)NCCSCC(=O)O)c1. The molecule has 0 aliphatic rings. The standard InChI is InChI=1S/C13H16N2O4S/c1-9(16)15-11-4-2-3-10(7-11)13(19)14-5-6-20-8-12(17)18/h2-4,7H,5-6,8H2,1H3,(H,14,19)(H,15,16)(H,17,18). The monoisotopic (exact) mass is 296 g/mol. The molecule has 0 bridgehead atoms. The lowest BCUT2D eigenvalue weighted by Crippen LogP contribution is -2.26. The number of hydrogen-bond donors (Lipinski definition) is 3. The fourth-order valence-electron chi connectivity index (χ4n) is 1.44. The van der Waals surface area contributed by atoms with Crippen LogP contribution in [0.25, 0.3) is 0 Å². The first-order valence-corrected chi connectivity index (χ1v) is 7.10. The Morgan fingerprint density at radius 2 is 2.05 bits per heavy atom. The Bertz CT molecular complexity index is 505. The number of carbonyl (C=O) groups excluding carboxylic acids is 2. The maximum absolute atomic E-state index is 11.8. The summed E-state index contributed by atoms with van der Waals surface area (Å²) in [7, 11) is 0. The number of carboxylic acids is 1. The Morgan fingerprint density at radius 1 is 1.30 bits per heavy atom. The highest BCUT2D eigenvalue weighted by Gasteiger charge is 2.06. The molecule has 108 valence electrons. The van der Waals surface area contributed by atoms with Crippen LogP contribution >= 0.6 is 11.8 Å². The van der Waals surface area contributed by atoms with Crippen LogP contribution < -0.4 is 10.6 Å². The highest BCUT2D eigenvalue weighted by molar-refractivity contribution is 7.99. The van der Waals surface area contributed by atoms with Crippen LogP contribution in [0.4, 0.5) is 5.69 Å². The molecule has 0 spiro atoms. The van der Waals surface area contributed by atoms with E-state index in [1.54, 1.807) is 24.3 Å². The van der Waals surface area contributed by atoms with Crippen molar-refractivity contribution in [2.45, 2.75) is 6.92 Å². The van der Waals surface area contributed by atoms with Gasteiger partial charge in [-0.05, 0) is 18.2 Å². The first kappa shape index (κ1) is 16.0. The van der Waals surface area contributed by atoms with Crippen molar-refractivity contribution >= 4 is 35.2 Å². The lowest BCUT2D eigenvalue weighted by Gasteiger charge is -2.07. The van der Waals surface area contributed by atoms with Gasteiger partial charge in [-0.1, -0.05) is 6.07 Å². The van der Waals surface area contributed by atoms with E-state index in [9.17, 15) is 14.4 Å². The Labute approximate surface area is 120 Å². The summed E-state index contributed by atoms with van der Waals surface area (Å²) in [4.78, 5) is 33.1. The Balaban J connectivity index is 2.43. The number of hydrogen-bond acceptors (Lipinski definition) is 4. The average Bonchev–Trinajstić information content (AvgIpc) is 2.37. The fourth-order valence-corrected chi connectivity index (χ4v) is 2.01. The molecule has 0 aliphatic heterocycles. The van der Waals surface area contributed by atoms with Crippen molar-refractivity contribution in [2.24, 2.45) is 0 Å². The topological polar surface area (TPSA) is 95.5 Å². The van der Waals surface area contributed by atoms with Crippen LogP contribution in [0.15, 0.2) is 24.3 Å². The first-order chi connectivity index (χ1) is 9.49. The van der Waals surface area contributed by atoms with E-state index in [0.717, 1.165) is 0 Å². The van der Waals surface area contributed by atoms with Crippen molar-refractivity contribution in [2.75, 3.05) is 23.4 Å². The zero-order valence-corrected chi connectivity index (χ0v) is 11.8. The number of carbonyl (C=O) groups is 3. The quantitative estimate of drug-likeness (QED) is 0.657. The van der Waals surface area contributed by atoms with Crippen molar-refractivity contribution in [3.8, 4) is 0 Å². The molecular formula is C13H16N2O4S. The minimum atomic E-state index is -0.871. The van der Waals surface area contributed by atoms with E-state index in [1.165, 1.54) is 18.7 Å². The second kappa shape index (κ2) is 8.21. The van der Waals surface area contributed by atoms with Gasteiger partial charge in [0.25, 0.3) is 5.91 Å². The van der Waals surface area contributed by atoms with Crippen molar-refractivity contribution < 1.29 is 19.5 Å². The Morgan fingerprint density at radius 3 is 2.70 bits per heavy atom. The van der Waals surface area contributed by atoms with Gasteiger partial charge in [-0.3, -0.25) is 14.4 Å². The van der Waals surface area contributed by atoms with Gasteiger partial charge >= 0.3 is 5.97 Å². The van der Waals surface area contributed by atoms with Gasteiger partial charge in [0, 0.05) is 30.5 Å². The summed E-state index contributed by atoms with van der Waals surface area (Å²) in [6.07, 6.45) is 0. The van der Waals surface area contributed by atoms with Crippen LogP contribution in [0, 0.1) is 0 Å². The van der Waals surface area contributed by atoms with Gasteiger partial charge in [0.1, 0.15) is 0 Å². The predicted molar refractivity (Wildman–Crippen MR) is 78.0 cm³/mol.